The van der Waals surface area contributed by atoms with Crippen LogP contribution in [0.15, 0.2) is 23.1 Å². The highest BCUT2D eigenvalue weighted by atomic mass is 32.2. The van der Waals surface area contributed by atoms with E-state index in [1.54, 1.807) is 0 Å². The minimum atomic E-state index is -4.92. The van der Waals surface area contributed by atoms with Gasteiger partial charge in [-0.15, -0.1) is 16.9 Å². The quantitative estimate of drug-likeness (QED) is 0.455. The molecule has 0 radical (unpaired) electrons. The van der Waals surface area contributed by atoms with Crippen LogP contribution < -0.4 is 10.1 Å². The van der Waals surface area contributed by atoms with Crippen LogP contribution in [0.5, 0.6) is 5.88 Å². The Morgan fingerprint density at radius 2 is 1.87 bits per heavy atom. The number of hydrogen-bond donors (Lipinski definition) is 1. The van der Waals surface area contributed by atoms with Gasteiger partial charge in [0.15, 0.2) is 0 Å². The maximum Gasteiger partial charge on any atom is 0.462 e. The SMILES string of the molecule is CC(=O)Nc1cc(OC(F)(F)C(F)F)nn1-c1cc(SCC(F)(F)F)c(C)cc1F. The van der Waals surface area contributed by atoms with E-state index in [4.69, 9.17) is 0 Å². The lowest BCUT2D eigenvalue weighted by Crippen LogP contribution is -2.33. The lowest BCUT2D eigenvalue weighted by molar-refractivity contribution is -0.254. The van der Waals surface area contributed by atoms with E-state index in [1.807, 2.05) is 0 Å². The van der Waals surface area contributed by atoms with E-state index in [9.17, 15) is 39.9 Å². The highest BCUT2D eigenvalue weighted by Gasteiger charge is 2.44. The number of ether oxygens (including phenoxy) is 1. The molecule has 1 amide bonds. The van der Waals surface area contributed by atoms with Gasteiger partial charge in [0.1, 0.15) is 17.3 Å². The standard InChI is InChI=1S/C16H13F8N3O2S/c1-7-3-9(17)10(4-11(7)30-6-15(20,21)22)27-12(25-8(2)28)5-13(26-27)29-16(23,24)14(18)19/h3-5,14H,6H2,1-2H3,(H,25,28). The Morgan fingerprint density at radius 1 is 1.23 bits per heavy atom. The van der Waals surface area contributed by atoms with Gasteiger partial charge in [-0.2, -0.15) is 30.7 Å². The number of benzene rings is 1. The Balaban J connectivity index is 2.51. The fourth-order valence-corrected chi connectivity index (χ4v) is 2.97. The van der Waals surface area contributed by atoms with E-state index in [0.29, 0.717) is 22.5 Å². The maximum absolute atomic E-state index is 14.5. The van der Waals surface area contributed by atoms with Gasteiger partial charge >= 0.3 is 18.7 Å². The second kappa shape index (κ2) is 8.70. The molecular formula is C16H13F8N3O2S. The Morgan fingerprint density at radius 3 is 2.40 bits per heavy atom. The minimum absolute atomic E-state index is 0.00613. The molecule has 166 valence electrons. The number of nitrogens with zero attached hydrogens (tertiary/aromatic N) is 2. The molecule has 0 saturated carbocycles. The Labute approximate surface area is 168 Å². The second-order valence-corrected chi connectivity index (χ2v) is 6.92. The number of nitrogens with one attached hydrogen (secondary N) is 1. The van der Waals surface area contributed by atoms with Crippen LogP contribution in [0.3, 0.4) is 0 Å². The normalized spacial score (nSPS) is 12.4. The summed E-state index contributed by atoms with van der Waals surface area (Å²) in [4.78, 5) is 11.3. The number of halogens is 8. The summed E-state index contributed by atoms with van der Waals surface area (Å²) >= 11 is 0.341. The number of amides is 1. The third-order valence-electron chi connectivity index (χ3n) is 3.35. The van der Waals surface area contributed by atoms with E-state index in [1.165, 1.54) is 6.92 Å². The predicted octanol–water partition coefficient (Wildman–Crippen LogP) is 5.17. The summed E-state index contributed by atoms with van der Waals surface area (Å²) in [5.41, 5.74) is -0.372. The van der Waals surface area contributed by atoms with Crippen LogP contribution in [-0.2, 0) is 4.79 Å². The van der Waals surface area contributed by atoms with E-state index < -0.39 is 53.6 Å². The number of aryl methyl sites for hydroxylation is 1. The average Bonchev–Trinajstić information content (AvgIpc) is 2.93. The molecule has 0 aliphatic rings. The zero-order chi connectivity index (χ0) is 22.9. The van der Waals surface area contributed by atoms with Crippen molar-refractivity contribution in [2.24, 2.45) is 0 Å². The Hall–Kier alpha value is -2.51. The van der Waals surface area contributed by atoms with Crippen molar-refractivity contribution in [3.8, 4) is 11.6 Å². The lowest BCUT2D eigenvalue weighted by Gasteiger charge is -2.14. The molecule has 14 heteroatoms. The van der Waals surface area contributed by atoms with Crippen LogP contribution in [0.2, 0.25) is 0 Å². The van der Waals surface area contributed by atoms with Crippen molar-refractivity contribution in [1.29, 1.82) is 0 Å². The molecule has 0 spiro atoms. The third kappa shape index (κ3) is 6.00. The summed E-state index contributed by atoms with van der Waals surface area (Å²) < 4.78 is 107. The fourth-order valence-electron chi connectivity index (χ4n) is 2.17. The van der Waals surface area contributed by atoms with Crippen molar-refractivity contribution in [2.75, 3.05) is 11.1 Å². The summed E-state index contributed by atoms with van der Waals surface area (Å²) in [5, 5.41) is 5.56. The van der Waals surface area contributed by atoms with Crippen LogP contribution in [0, 0.1) is 12.7 Å². The molecule has 0 aliphatic carbocycles. The van der Waals surface area contributed by atoms with Gasteiger partial charge in [0.2, 0.25) is 11.8 Å². The second-order valence-electron chi connectivity index (χ2n) is 5.90. The molecule has 30 heavy (non-hydrogen) atoms. The molecule has 1 aromatic heterocycles. The molecule has 0 atom stereocenters. The number of thioether (sulfide) groups is 1. The van der Waals surface area contributed by atoms with Crippen LogP contribution in [-0.4, -0.2) is 40.2 Å². The van der Waals surface area contributed by atoms with Crippen molar-refractivity contribution in [2.45, 2.75) is 37.5 Å². The van der Waals surface area contributed by atoms with Gasteiger partial charge in [0.25, 0.3) is 0 Å². The first-order valence-electron chi connectivity index (χ1n) is 7.92. The number of carbonyl (C=O) groups excluding carboxylic acids is 1. The van der Waals surface area contributed by atoms with Gasteiger partial charge in [-0.1, -0.05) is 0 Å². The molecule has 5 nitrogen and oxygen atoms in total. The fraction of sp³-hybridized carbons (Fsp3) is 0.375. The largest absolute Gasteiger partial charge is 0.462 e. The maximum atomic E-state index is 14.5. The molecule has 1 N–H and O–H groups in total. The monoisotopic (exact) mass is 463 g/mol. The van der Waals surface area contributed by atoms with Crippen LogP contribution in [0.1, 0.15) is 12.5 Å². The molecule has 0 saturated heterocycles. The van der Waals surface area contributed by atoms with Crippen molar-refractivity contribution < 1.29 is 44.7 Å². The smallest absolute Gasteiger partial charge is 0.409 e. The number of hydrogen-bond acceptors (Lipinski definition) is 4. The summed E-state index contributed by atoms with van der Waals surface area (Å²) in [6.45, 7) is 2.36. The average molecular weight is 463 g/mol. The highest BCUT2D eigenvalue weighted by Crippen LogP contribution is 2.34. The van der Waals surface area contributed by atoms with Gasteiger partial charge in [0, 0.05) is 17.9 Å². The van der Waals surface area contributed by atoms with Crippen LogP contribution >= 0.6 is 11.8 Å². The minimum Gasteiger partial charge on any atom is -0.409 e. The predicted molar refractivity (Wildman–Crippen MR) is 90.9 cm³/mol. The van der Waals surface area contributed by atoms with Crippen molar-refractivity contribution in [3.63, 3.8) is 0 Å². The summed E-state index contributed by atoms with van der Waals surface area (Å²) in [6, 6.07) is 2.47. The van der Waals surface area contributed by atoms with E-state index >= 15 is 0 Å². The van der Waals surface area contributed by atoms with Crippen LogP contribution in [0.4, 0.5) is 40.9 Å². The summed E-state index contributed by atoms with van der Waals surface area (Å²) in [6.07, 6.45) is -13.6. The van der Waals surface area contributed by atoms with E-state index in [-0.39, 0.29) is 10.5 Å². The number of anilines is 1. The van der Waals surface area contributed by atoms with Crippen molar-refractivity contribution >= 4 is 23.5 Å². The molecule has 0 fully saturated rings. The molecule has 1 heterocycles. The Bertz CT molecular complexity index is 930. The molecule has 2 aromatic rings. The Kier molecular flexibility index (Phi) is 6.89. The number of aromatic nitrogens is 2. The third-order valence-corrected chi connectivity index (χ3v) is 4.57. The van der Waals surface area contributed by atoms with Crippen molar-refractivity contribution in [1.82, 2.24) is 9.78 Å². The lowest BCUT2D eigenvalue weighted by atomic mass is 10.2. The molecule has 0 aliphatic heterocycles. The highest BCUT2D eigenvalue weighted by molar-refractivity contribution is 7.99. The zero-order valence-electron chi connectivity index (χ0n) is 15.2. The first-order chi connectivity index (χ1) is 13.7. The van der Waals surface area contributed by atoms with Gasteiger partial charge in [0.05, 0.1) is 5.75 Å². The number of rotatable bonds is 7. The first kappa shape index (κ1) is 23.8. The first-order valence-corrected chi connectivity index (χ1v) is 8.91. The molecule has 2 rings (SSSR count). The number of carbonyl (C=O) groups is 1. The van der Waals surface area contributed by atoms with Gasteiger partial charge in [-0.05, 0) is 24.6 Å². The van der Waals surface area contributed by atoms with Crippen LogP contribution in [0.25, 0.3) is 5.69 Å². The molecular weight excluding hydrogens is 450 g/mol. The van der Waals surface area contributed by atoms with Crippen molar-refractivity contribution in [3.05, 3.63) is 29.6 Å². The zero-order valence-corrected chi connectivity index (χ0v) is 16.0. The topological polar surface area (TPSA) is 56.1 Å². The molecule has 1 aromatic carbocycles. The molecule has 0 bridgehead atoms. The van der Waals surface area contributed by atoms with E-state index in [2.05, 4.69) is 15.2 Å². The molecule has 0 unspecified atom stereocenters. The summed E-state index contributed by atoms with van der Waals surface area (Å²) in [5.74, 6) is -4.57. The van der Waals surface area contributed by atoms with Gasteiger partial charge < -0.3 is 10.1 Å². The van der Waals surface area contributed by atoms with E-state index in [0.717, 1.165) is 19.1 Å². The van der Waals surface area contributed by atoms with Gasteiger partial charge in [-0.3, -0.25) is 4.79 Å². The van der Waals surface area contributed by atoms with Gasteiger partial charge in [-0.25, -0.2) is 9.07 Å². The number of alkyl halides is 7. The summed E-state index contributed by atoms with van der Waals surface area (Å²) in [7, 11) is 0.